The highest BCUT2D eigenvalue weighted by Gasteiger charge is 2.25. The van der Waals surface area contributed by atoms with Crippen LogP contribution in [0.4, 0.5) is 17.6 Å². The van der Waals surface area contributed by atoms with E-state index in [1.54, 1.807) is 18.9 Å². The number of methoxy groups -OCH3 is 1. The molecule has 45 heavy (non-hydrogen) atoms. The number of hydrogen-bond donors (Lipinski definition) is 2. The SMILES string of the molecule is C=C(OCC=O)/C(F)=C\C=C(\F)CF.CC.CC(CC(=O)O)NC(=O)C1CCN(C=O)CC1.CF.COc1cc(C)ccc1Cl. The summed E-state index contributed by atoms with van der Waals surface area (Å²) in [6.45, 7) is 10.3. The van der Waals surface area contributed by atoms with E-state index in [0.29, 0.717) is 56.6 Å². The van der Waals surface area contributed by atoms with Crippen molar-refractivity contribution in [2.45, 2.75) is 53.0 Å². The van der Waals surface area contributed by atoms with Crippen LogP contribution in [0.15, 0.2) is 54.3 Å². The summed E-state index contributed by atoms with van der Waals surface area (Å²) in [4.78, 5) is 44.2. The Morgan fingerprint density at radius 3 is 2.20 bits per heavy atom. The minimum Gasteiger partial charge on any atom is -0.495 e. The summed E-state index contributed by atoms with van der Waals surface area (Å²) in [5, 5.41) is 11.9. The number of likely N-dealkylation sites (tertiary alicyclic amines) is 1. The minimum atomic E-state index is -1.30. The van der Waals surface area contributed by atoms with E-state index in [4.69, 9.17) is 21.4 Å². The number of rotatable bonds is 12. The van der Waals surface area contributed by atoms with Gasteiger partial charge in [-0.15, -0.1) is 0 Å². The zero-order valence-electron chi connectivity index (χ0n) is 26.6. The molecule has 0 aliphatic carbocycles. The zero-order valence-corrected chi connectivity index (χ0v) is 27.3. The van der Waals surface area contributed by atoms with Crippen LogP contribution in [0.3, 0.4) is 0 Å². The van der Waals surface area contributed by atoms with Gasteiger partial charge in [-0.05, 0) is 56.5 Å². The Bertz CT molecular complexity index is 1080. The molecule has 1 unspecified atom stereocenters. The Morgan fingerprint density at radius 1 is 1.18 bits per heavy atom. The fourth-order valence-electron chi connectivity index (χ4n) is 3.21. The predicted octanol–water partition coefficient (Wildman–Crippen LogP) is 6.50. The number of benzene rings is 1. The van der Waals surface area contributed by atoms with E-state index in [0.717, 1.165) is 17.7 Å². The number of carbonyl (C=O) groups is 4. The molecule has 1 saturated heterocycles. The first-order chi connectivity index (χ1) is 21.4. The monoisotopic (exact) mass is 668 g/mol. The van der Waals surface area contributed by atoms with Gasteiger partial charge >= 0.3 is 5.97 Å². The van der Waals surface area contributed by atoms with E-state index in [1.165, 1.54) is 0 Å². The van der Waals surface area contributed by atoms with E-state index in [1.807, 2.05) is 39.0 Å². The molecule has 1 heterocycles. The summed E-state index contributed by atoms with van der Waals surface area (Å²) in [6.07, 6.45) is 3.71. The normalized spacial score (nSPS) is 13.3. The first kappa shape index (κ1) is 45.6. The van der Waals surface area contributed by atoms with Gasteiger partial charge in [0.25, 0.3) is 0 Å². The number of carboxylic acids is 1. The number of carbonyl (C=O) groups excluding carboxylic acids is 3. The average Bonchev–Trinajstić information content (AvgIpc) is 3.05. The molecular weight excluding hydrogens is 624 g/mol. The third-order valence-corrected chi connectivity index (χ3v) is 5.67. The molecule has 2 amide bonds. The third-order valence-electron chi connectivity index (χ3n) is 5.36. The van der Waals surface area contributed by atoms with Crippen LogP contribution in [0.5, 0.6) is 5.75 Å². The number of carboxylic acid groups (broad SMARTS) is 1. The van der Waals surface area contributed by atoms with E-state index in [2.05, 4.69) is 16.6 Å². The molecule has 2 rings (SSSR count). The van der Waals surface area contributed by atoms with Crippen molar-refractivity contribution in [3.63, 3.8) is 0 Å². The lowest BCUT2D eigenvalue weighted by Crippen LogP contribution is -2.43. The second kappa shape index (κ2) is 28.9. The van der Waals surface area contributed by atoms with Crippen LogP contribution in [0.25, 0.3) is 0 Å². The van der Waals surface area contributed by atoms with Gasteiger partial charge in [0.2, 0.25) is 12.3 Å². The average molecular weight is 669 g/mol. The van der Waals surface area contributed by atoms with Crippen molar-refractivity contribution in [3.05, 3.63) is 64.9 Å². The molecule has 0 saturated carbocycles. The van der Waals surface area contributed by atoms with Gasteiger partial charge in [0.05, 0.1) is 25.7 Å². The van der Waals surface area contributed by atoms with Crippen molar-refractivity contribution in [2.24, 2.45) is 5.92 Å². The number of hydrogen-bond acceptors (Lipinski definition) is 6. The topological polar surface area (TPSA) is 122 Å². The van der Waals surface area contributed by atoms with Crippen LogP contribution in [0.1, 0.15) is 45.6 Å². The van der Waals surface area contributed by atoms with E-state index < -0.39 is 30.1 Å². The molecule has 9 nitrogen and oxygen atoms in total. The highest BCUT2D eigenvalue weighted by molar-refractivity contribution is 6.32. The van der Waals surface area contributed by atoms with Crippen LogP contribution in [0, 0.1) is 12.8 Å². The molecule has 1 fully saturated rings. The second-order valence-electron chi connectivity index (χ2n) is 8.72. The molecule has 0 aromatic heterocycles. The highest BCUT2D eigenvalue weighted by Crippen LogP contribution is 2.24. The number of piperidine rings is 1. The number of amides is 2. The Kier molecular flexibility index (Phi) is 29.2. The molecule has 1 aromatic carbocycles. The molecule has 1 aliphatic rings. The Morgan fingerprint density at radius 2 is 1.76 bits per heavy atom. The van der Waals surface area contributed by atoms with Crippen LogP contribution in [-0.2, 0) is 23.9 Å². The maximum Gasteiger partial charge on any atom is 0.305 e. The quantitative estimate of drug-likeness (QED) is 0.113. The summed E-state index contributed by atoms with van der Waals surface area (Å²) in [5.41, 5.74) is 1.15. The fraction of sp³-hybridized carbons (Fsp3) is 0.484. The maximum absolute atomic E-state index is 12.8. The van der Waals surface area contributed by atoms with Gasteiger partial charge in [-0.25, -0.2) is 13.2 Å². The van der Waals surface area contributed by atoms with Crippen LogP contribution in [-0.4, -0.2) is 81.3 Å². The van der Waals surface area contributed by atoms with Crippen molar-refractivity contribution in [3.8, 4) is 5.75 Å². The Balaban J connectivity index is -0.000000571. The highest BCUT2D eigenvalue weighted by atomic mass is 35.5. The van der Waals surface area contributed by atoms with E-state index in [9.17, 15) is 36.7 Å². The van der Waals surface area contributed by atoms with Gasteiger partial charge in [0, 0.05) is 25.0 Å². The first-order valence-corrected chi connectivity index (χ1v) is 14.2. The van der Waals surface area contributed by atoms with Crippen molar-refractivity contribution in [1.82, 2.24) is 10.2 Å². The number of nitrogens with zero attached hydrogens (tertiary/aromatic N) is 1. The van der Waals surface area contributed by atoms with Crippen molar-refractivity contribution in [1.29, 1.82) is 0 Å². The summed E-state index contributed by atoms with van der Waals surface area (Å²) in [5.74, 6) is -2.87. The number of halogens is 5. The molecule has 1 aliphatic heterocycles. The molecule has 0 radical (unpaired) electrons. The number of allylic oxidation sites excluding steroid dienone is 4. The standard InChI is InChI=1S/C11H18N2O4.C9H9F3O2.C8H9ClO.C2H6.CH3F/c1-8(6-10(15)16)12-11(17)9-2-4-13(7-14)5-3-9;1-7(14-5-4-13)9(12)3-2-8(11)6-10;1-6-3-4-7(9)8(5-6)10-2;2*1-2/h7-9H,2-6H2,1H3,(H,12,17)(H,15,16);2-4H,1,5-6H2;3-5H,1-2H3;1-2H3;1H3/b;8-2+,9-3+;;;. The molecule has 0 bridgehead atoms. The minimum absolute atomic E-state index is 0.0705. The molecule has 2 N–H and O–H groups in total. The molecule has 1 aromatic rings. The predicted molar refractivity (Wildman–Crippen MR) is 167 cm³/mol. The van der Waals surface area contributed by atoms with Gasteiger partial charge in [-0.2, -0.15) is 0 Å². The lowest BCUT2D eigenvalue weighted by molar-refractivity contribution is -0.138. The van der Waals surface area contributed by atoms with Crippen molar-refractivity contribution >= 4 is 36.2 Å². The lowest BCUT2D eigenvalue weighted by atomic mass is 9.96. The summed E-state index contributed by atoms with van der Waals surface area (Å²) >= 11 is 5.77. The number of aryl methyl sites for hydroxylation is 1. The molecule has 0 spiro atoms. The van der Waals surface area contributed by atoms with Gasteiger partial charge in [-0.1, -0.05) is 38.1 Å². The summed E-state index contributed by atoms with van der Waals surface area (Å²) in [6, 6.07) is 5.33. The fourth-order valence-corrected chi connectivity index (χ4v) is 3.41. The van der Waals surface area contributed by atoms with Crippen LogP contribution < -0.4 is 10.1 Å². The van der Waals surface area contributed by atoms with Crippen molar-refractivity contribution < 1.29 is 51.3 Å². The van der Waals surface area contributed by atoms with Crippen LogP contribution >= 0.6 is 11.6 Å². The number of ether oxygens (including phenoxy) is 2. The third kappa shape index (κ3) is 23.2. The Labute approximate surface area is 267 Å². The number of nitrogens with one attached hydrogen (secondary N) is 1. The second-order valence-corrected chi connectivity index (χ2v) is 9.13. The smallest absolute Gasteiger partial charge is 0.305 e. The summed E-state index contributed by atoms with van der Waals surface area (Å²) < 4.78 is 55.5. The van der Waals surface area contributed by atoms with Gasteiger partial charge in [0.1, 0.15) is 30.6 Å². The van der Waals surface area contributed by atoms with E-state index >= 15 is 0 Å². The van der Waals surface area contributed by atoms with E-state index in [-0.39, 0.29) is 30.9 Å². The Hall–Kier alpha value is -3.87. The maximum atomic E-state index is 12.8. The molecule has 256 valence electrons. The van der Waals surface area contributed by atoms with Crippen molar-refractivity contribution in [2.75, 3.05) is 40.7 Å². The largest absolute Gasteiger partial charge is 0.495 e. The number of aldehydes is 1. The van der Waals surface area contributed by atoms with Crippen LogP contribution in [0.2, 0.25) is 5.02 Å². The summed E-state index contributed by atoms with van der Waals surface area (Å²) in [7, 11) is 2.11. The number of aliphatic carboxylic acids is 1. The lowest BCUT2D eigenvalue weighted by Gasteiger charge is -2.29. The van der Waals surface area contributed by atoms with Gasteiger partial charge in [0.15, 0.2) is 12.1 Å². The zero-order chi connectivity index (χ0) is 35.4. The molecular formula is C31H45ClF4N2O7. The first-order valence-electron chi connectivity index (χ1n) is 13.8. The van der Waals surface area contributed by atoms with Gasteiger partial charge < -0.3 is 24.8 Å². The molecule has 14 heteroatoms. The van der Waals surface area contributed by atoms with Gasteiger partial charge in [-0.3, -0.25) is 23.6 Å². The number of alkyl halides is 2. The molecule has 1 atom stereocenters.